The van der Waals surface area contributed by atoms with Crippen LogP contribution in [-0.2, 0) is 6.54 Å². The van der Waals surface area contributed by atoms with Crippen LogP contribution in [0.3, 0.4) is 0 Å². The predicted molar refractivity (Wildman–Crippen MR) is 79.0 cm³/mol. The van der Waals surface area contributed by atoms with E-state index < -0.39 is 0 Å². The van der Waals surface area contributed by atoms with Crippen LogP contribution in [0.4, 0.5) is 0 Å². The number of halogens is 1. The summed E-state index contributed by atoms with van der Waals surface area (Å²) in [4.78, 5) is 4.52. The molecule has 1 aromatic carbocycles. The van der Waals surface area contributed by atoms with E-state index in [0.29, 0.717) is 0 Å². The summed E-state index contributed by atoms with van der Waals surface area (Å²) in [5.74, 6) is 0. The van der Waals surface area contributed by atoms with E-state index in [1.54, 1.807) is 23.5 Å². The first-order valence-electron chi connectivity index (χ1n) is 5.14. The SMILES string of the molecule is CSc1nc(Br)c(SC)n1Cc1ccccc1. The van der Waals surface area contributed by atoms with Crippen LogP contribution in [0.5, 0.6) is 0 Å². The van der Waals surface area contributed by atoms with Crippen LogP contribution in [0.15, 0.2) is 45.1 Å². The molecular weight excluding hydrogens is 316 g/mol. The number of hydrogen-bond acceptors (Lipinski definition) is 3. The molecule has 0 radical (unpaired) electrons. The molecular formula is C12H13BrN2S2. The Morgan fingerprint density at radius 2 is 1.88 bits per heavy atom. The van der Waals surface area contributed by atoms with Gasteiger partial charge in [0.05, 0.1) is 6.54 Å². The number of nitrogens with zero attached hydrogens (tertiary/aromatic N) is 2. The van der Waals surface area contributed by atoms with Crippen molar-refractivity contribution < 1.29 is 0 Å². The average Bonchev–Trinajstić information content (AvgIpc) is 2.66. The fourth-order valence-electron chi connectivity index (χ4n) is 1.65. The molecule has 0 aliphatic carbocycles. The Hall–Kier alpha value is -0.390. The Labute approximate surface area is 118 Å². The Kier molecular flexibility index (Phi) is 4.59. The molecule has 17 heavy (non-hydrogen) atoms. The molecule has 2 nitrogen and oxygen atoms in total. The Balaban J connectivity index is 2.37. The number of thioether (sulfide) groups is 2. The highest BCUT2D eigenvalue weighted by atomic mass is 79.9. The summed E-state index contributed by atoms with van der Waals surface area (Å²) in [6, 6.07) is 10.5. The molecule has 2 rings (SSSR count). The number of aromatic nitrogens is 2. The number of hydrogen-bond donors (Lipinski definition) is 0. The van der Waals surface area contributed by atoms with Crippen molar-refractivity contribution in [3.8, 4) is 0 Å². The summed E-state index contributed by atoms with van der Waals surface area (Å²) in [6.07, 6.45) is 4.13. The lowest BCUT2D eigenvalue weighted by atomic mass is 10.2. The molecule has 1 aromatic heterocycles. The van der Waals surface area contributed by atoms with E-state index in [-0.39, 0.29) is 0 Å². The van der Waals surface area contributed by atoms with Crippen LogP contribution in [0.25, 0.3) is 0 Å². The van der Waals surface area contributed by atoms with E-state index in [1.807, 2.05) is 6.07 Å². The van der Waals surface area contributed by atoms with Crippen LogP contribution in [0, 0.1) is 0 Å². The minimum atomic E-state index is 0.867. The minimum absolute atomic E-state index is 0.867. The van der Waals surface area contributed by atoms with Crippen LogP contribution >= 0.6 is 39.5 Å². The summed E-state index contributed by atoms with van der Waals surface area (Å²) in [7, 11) is 0. The maximum absolute atomic E-state index is 4.52. The Bertz CT molecular complexity index is 497. The van der Waals surface area contributed by atoms with Crippen molar-refractivity contribution >= 4 is 39.5 Å². The lowest BCUT2D eigenvalue weighted by Crippen LogP contribution is -2.02. The molecule has 0 saturated heterocycles. The van der Waals surface area contributed by atoms with E-state index >= 15 is 0 Å². The van der Waals surface area contributed by atoms with Crippen molar-refractivity contribution in [3.05, 3.63) is 40.5 Å². The molecule has 0 N–H and O–H groups in total. The van der Waals surface area contributed by atoms with E-state index in [2.05, 4.69) is 62.3 Å². The first-order chi connectivity index (χ1) is 8.26. The molecule has 0 aliphatic rings. The first kappa shape index (κ1) is 13.1. The lowest BCUT2D eigenvalue weighted by molar-refractivity contribution is 0.656. The average molecular weight is 329 g/mol. The molecule has 0 aliphatic heterocycles. The topological polar surface area (TPSA) is 17.8 Å². The van der Waals surface area contributed by atoms with Crippen LogP contribution in [-0.4, -0.2) is 22.1 Å². The quantitative estimate of drug-likeness (QED) is 0.785. The maximum Gasteiger partial charge on any atom is 0.170 e. The summed E-state index contributed by atoms with van der Waals surface area (Å²) in [6.45, 7) is 0.867. The number of imidazole rings is 1. The molecule has 5 heteroatoms. The van der Waals surface area contributed by atoms with Gasteiger partial charge in [0, 0.05) is 0 Å². The number of rotatable bonds is 4. The molecule has 0 bridgehead atoms. The molecule has 0 fully saturated rings. The molecule has 0 saturated carbocycles. The second kappa shape index (κ2) is 5.98. The first-order valence-corrected chi connectivity index (χ1v) is 8.38. The zero-order chi connectivity index (χ0) is 12.3. The van der Waals surface area contributed by atoms with Crippen molar-refractivity contribution in [3.63, 3.8) is 0 Å². The van der Waals surface area contributed by atoms with Gasteiger partial charge in [0.25, 0.3) is 0 Å². The van der Waals surface area contributed by atoms with Gasteiger partial charge in [-0.3, -0.25) is 0 Å². The third-order valence-electron chi connectivity index (χ3n) is 2.41. The van der Waals surface area contributed by atoms with Crippen molar-refractivity contribution in [2.75, 3.05) is 12.5 Å². The zero-order valence-electron chi connectivity index (χ0n) is 9.68. The highest BCUT2D eigenvalue weighted by Gasteiger charge is 2.14. The van der Waals surface area contributed by atoms with Crippen molar-refractivity contribution in [2.45, 2.75) is 16.7 Å². The molecule has 0 atom stereocenters. The molecule has 2 aromatic rings. The third-order valence-corrected chi connectivity index (χ3v) is 4.70. The smallest absolute Gasteiger partial charge is 0.170 e. The van der Waals surface area contributed by atoms with Gasteiger partial charge in [-0.05, 0) is 34.0 Å². The highest BCUT2D eigenvalue weighted by molar-refractivity contribution is 9.10. The summed E-state index contributed by atoms with van der Waals surface area (Å²) < 4.78 is 3.18. The Morgan fingerprint density at radius 1 is 1.18 bits per heavy atom. The van der Waals surface area contributed by atoms with Gasteiger partial charge in [0.1, 0.15) is 9.63 Å². The highest BCUT2D eigenvalue weighted by Crippen LogP contribution is 2.31. The molecule has 1 heterocycles. The van der Waals surface area contributed by atoms with Gasteiger partial charge in [0.15, 0.2) is 5.16 Å². The second-order valence-electron chi connectivity index (χ2n) is 3.47. The molecule has 0 amide bonds. The van der Waals surface area contributed by atoms with Gasteiger partial charge >= 0.3 is 0 Å². The predicted octanol–water partition coefficient (Wildman–Crippen LogP) is 4.14. The van der Waals surface area contributed by atoms with Crippen molar-refractivity contribution in [1.29, 1.82) is 0 Å². The van der Waals surface area contributed by atoms with Gasteiger partial charge in [-0.25, -0.2) is 4.98 Å². The van der Waals surface area contributed by atoms with Gasteiger partial charge in [-0.15, -0.1) is 11.8 Å². The van der Waals surface area contributed by atoms with E-state index in [9.17, 15) is 0 Å². The van der Waals surface area contributed by atoms with Crippen LogP contribution in [0.2, 0.25) is 0 Å². The van der Waals surface area contributed by atoms with Gasteiger partial charge in [-0.1, -0.05) is 42.1 Å². The molecule has 0 unspecified atom stereocenters. The lowest BCUT2D eigenvalue weighted by Gasteiger charge is -2.09. The van der Waals surface area contributed by atoms with Gasteiger partial charge < -0.3 is 4.57 Å². The number of benzene rings is 1. The minimum Gasteiger partial charge on any atom is -0.309 e. The van der Waals surface area contributed by atoms with Crippen LogP contribution in [0.1, 0.15) is 5.56 Å². The maximum atomic E-state index is 4.52. The summed E-state index contributed by atoms with van der Waals surface area (Å²) >= 11 is 6.91. The largest absolute Gasteiger partial charge is 0.309 e. The van der Waals surface area contributed by atoms with Crippen molar-refractivity contribution in [1.82, 2.24) is 9.55 Å². The van der Waals surface area contributed by atoms with E-state index in [4.69, 9.17) is 0 Å². The second-order valence-corrected chi connectivity index (χ2v) is 5.79. The fourth-order valence-corrected chi connectivity index (χ4v) is 3.83. The fraction of sp³-hybridized carbons (Fsp3) is 0.250. The van der Waals surface area contributed by atoms with Gasteiger partial charge in [0.2, 0.25) is 0 Å². The van der Waals surface area contributed by atoms with Gasteiger partial charge in [-0.2, -0.15) is 0 Å². The standard InChI is InChI=1S/C12H13BrN2S2/c1-16-11-10(13)14-12(17-2)15(11)8-9-6-4-3-5-7-9/h3-7H,8H2,1-2H3. The molecule has 0 spiro atoms. The van der Waals surface area contributed by atoms with Crippen molar-refractivity contribution in [2.24, 2.45) is 0 Å². The Morgan fingerprint density at radius 3 is 2.47 bits per heavy atom. The van der Waals surface area contributed by atoms with E-state index in [1.165, 1.54) is 10.6 Å². The molecule has 90 valence electrons. The zero-order valence-corrected chi connectivity index (χ0v) is 12.9. The monoisotopic (exact) mass is 328 g/mol. The third kappa shape index (κ3) is 2.89. The van der Waals surface area contributed by atoms with E-state index in [0.717, 1.165) is 16.3 Å². The normalized spacial score (nSPS) is 10.8. The summed E-state index contributed by atoms with van der Waals surface area (Å²) in [5.41, 5.74) is 1.29. The van der Waals surface area contributed by atoms with Crippen LogP contribution < -0.4 is 0 Å². The summed E-state index contributed by atoms with van der Waals surface area (Å²) in [5, 5.41) is 2.23.